The first kappa shape index (κ1) is 14.6. The lowest BCUT2D eigenvalue weighted by Crippen LogP contribution is -2.28. The molecule has 1 unspecified atom stereocenters. The summed E-state index contributed by atoms with van der Waals surface area (Å²) in [4.78, 5) is 4.53. The largest absolute Gasteiger partial charge is 0.381 e. The van der Waals surface area contributed by atoms with Gasteiger partial charge in [0.2, 0.25) is 0 Å². The molecule has 0 amide bonds. The molecule has 2 aliphatic rings. The molecule has 1 saturated heterocycles. The number of nitrogens with zero attached hydrogens (tertiary/aromatic N) is 2. The van der Waals surface area contributed by atoms with Gasteiger partial charge >= 0.3 is 0 Å². The highest BCUT2D eigenvalue weighted by Crippen LogP contribution is 2.31. The Kier molecular flexibility index (Phi) is 4.07. The summed E-state index contributed by atoms with van der Waals surface area (Å²) in [7, 11) is 1.93. The molecular weight excluding hydrogens is 265 g/mol. The predicted molar refractivity (Wildman–Crippen MR) is 86.6 cm³/mol. The smallest absolute Gasteiger partial charge is 0.148 e. The molecular formula is C17H26FN3. The van der Waals surface area contributed by atoms with E-state index < -0.39 is 0 Å². The first-order valence-electron chi connectivity index (χ1n) is 8.07. The van der Waals surface area contributed by atoms with Gasteiger partial charge in [-0.25, -0.2) is 4.39 Å². The molecule has 21 heavy (non-hydrogen) atoms. The Morgan fingerprint density at radius 3 is 2.67 bits per heavy atom. The summed E-state index contributed by atoms with van der Waals surface area (Å²) in [5, 5.41) is 3.49. The van der Waals surface area contributed by atoms with Crippen LogP contribution in [0.3, 0.4) is 0 Å². The third-order valence-corrected chi connectivity index (χ3v) is 4.76. The number of likely N-dealkylation sites (tertiary alicyclic amines) is 1. The van der Waals surface area contributed by atoms with Crippen molar-refractivity contribution in [3.8, 4) is 0 Å². The van der Waals surface area contributed by atoms with E-state index in [4.69, 9.17) is 0 Å². The van der Waals surface area contributed by atoms with E-state index in [0.717, 1.165) is 24.7 Å². The Morgan fingerprint density at radius 1 is 1.29 bits per heavy atom. The third-order valence-electron chi connectivity index (χ3n) is 4.76. The zero-order valence-electron chi connectivity index (χ0n) is 13.3. The van der Waals surface area contributed by atoms with Crippen molar-refractivity contribution in [1.29, 1.82) is 0 Å². The van der Waals surface area contributed by atoms with E-state index in [1.165, 1.54) is 19.4 Å². The minimum Gasteiger partial charge on any atom is -0.381 e. The molecule has 1 atom stereocenters. The zero-order chi connectivity index (χ0) is 15.0. The van der Waals surface area contributed by atoms with E-state index >= 15 is 0 Å². The minimum absolute atomic E-state index is 0.145. The number of hydrogen-bond donors (Lipinski definition) is 1. The fraction of sp³-hybridized carbons (Fsp3) is 0.647. The van der Waals surface area contributed by atoms with Gasteiger partial charge in [-0.2, -0.15) is 0 Å². The summed E-state index contributed by atoms with van der Waals surface area (Å²) < 4.78 is 14.3. The highest BCUT2D eigenvalue weighted by Gasteiger charge is 2.34. The van der Waals surface area contributed by atoms with Crippen molar-refractivity contribution >= 4 is 11.4 Å². The van der Waals surface area contributed by atoms with Crippen LogP contribution in [0, 0.1) is 5.82 Å². The number of halogens is 1. The van der Waals surface area contributed by atoms with Gasteiger partial charge in [0, 0.05) is 44.0 Å². The van der Waals surface area contributed by atoms with Gasteiger partial charge in [0.05, 0.1) is 5.69 Å². The average Bonchev–Trinajstić information content (AvgIpc) is 3.19. The first-order chi connectivity index (χ1) is 10.0. The first-order valence-corrected chi connectivity index (χ1v) is 8.07. The Balaban J connectivity index is 1.62. The van der Waals surface area contributed by atoms with Crippen LogP contribution in [-0.4, -0.2) is 43.2 Å². The molecule has 2 fully saturated rings. The minimum atomic E-state index is -0.145. The van der Waals surface area contributed by atoms with Crippen molar-refractivity contribution in [2.24, 2.45) is 0 Å². The highest BCUT2D eigenvalue weighted by molar-refractivity contribution is 5.56. The molecule has 1 aromatic rings. The van der Waals surface area contributed by atoms with Gasteiger partial charge in [0.15, 0.2) is 0 Å². The fourth-order valence-corrected chi connectivity index (χ4v) is 3.07. The van der Waals surface area contributed by atoms with Gasteiger partial charge < -0.3 is 10.2 Å². The van der Waals surface area contributed by atoms with E-state index in [1.54, 1.807) is 6.07 Å². The van der Waals surface area contributed by atoms with Gasteiger partial charge in [-0.05, 0) is 51.3 Å². The standard InChI is InChI=1S/C17H26FN3/c1-12(2)20(3)17-7-4-13(10-16(17)18)19-14-8-9-21(11-14)15-5-6-15/h4,7,10,12,14-15,19H,5-6,8-9,11H2,1-3H3. The molecule has 1 aliphatic heterocycles. The van der Waals surface area contributed by atoms with E-state index in [9.17, 15) is 4.39 Å². The lowest BCUT2D eigenvalue weighted by molar-refractivity contribution is 0.326. The molecule has 116 valence electrons. The van der Waals surface area contributed by atoms with Crippen LogP contribution >= 0.6 is 0 Å². The van der Waals surface area contributed by atoms with E-state index in [2.05, 4.69) is 24.1 Å². The van der Waals surface area contributed by atoms with Crippen LogP contribution in [0.15, 0.2) is 18.2 Å². The molecule has 1 aromatic carbocycles. The second-order valence-corrected chi connectivity index (χ2v) is 6.73. The van der Waals surface area contributed by atoms with Crippen molar-refractivity contribution in [3.63, 3.8) is 0 Å². The van der Waals surface area contributed by atoms with Gasteiger partial charge in [-0.1, -0.05) is 0 Å². The zero-order valence-corrected chi connectivity index (χ0v) is 13.3. The Labute approximate surface area is 127 Å². The molecule has 1 aliphatic carbocycles. The van der Waals surface area contributed by atoms with Crippen LogP contribution in [0.5, 0.6) is 0 Å². The Bertz CT molecular complexity index is 499. The summed E-state index contributed by atoms with van der Waals surface area (Å²) in [6.45, 7) is 6.41. The van der Waals surface area contributed by atoms with Gasteiger partial charge in [-0.15, -0.1) is 0 Å². The number of benzene rings is 1. The maximum Gasteiger partial charge on any atom is 0.148 e. The van der Waals surface area contributed by atoms with Crippen molar-refractivity contribution in [3.05, 3.63) is 24.0 Å². The predicted octanol–water partition coefficient (Wildman–Crippen LogP) is 3.32. The quantitative estimate of drug-likeness (QED) is 0.898. The summed E-state index contributed by atoms with van der Waals surface area (Å²) in [5.41, 5.74) is 1.57. The summed E-state index contributed by atoms with van der Waals surface area (Å²) in [5.74, 6) is -0.145. The van der Waals surface area contributed by atoms with Gasteiger partial charge in [0.1, 0.15) is 5.82 Å². The second-order valence-electron chi connectivity index (χ2n) is 6.73. The molecule has 0 radical (unpaired) electrons. The molecule has 3 rings (SSSR count). The monoisotopic (exact) mass is 291 g/mol. The summed E-state index contributed by atoms with van der Waals surface area (Å²) in [6.07, 6.45) is 3.88. The lowest BCUT2D eigenvalue weighted by Gasteiger charge is -2.25. The lowest BCUT2D eigenvalue weighted by atomic mass is 10.2. The van der Waals surface area contributed by atoms with E-state index in [0.29, 0.717) is 17.8 Å². The molecule has 0 bridgehead atoms. The van der Waals surface area contributed by atoms with E-state index in [1.807, 2.05) is 24.1 Å². The number of hydrogen-bond acceptors (Lipinski definition) is 3. The SMILES string of the molecule is CC(C)N(C)c1ccc(NC2CCN(C3CC3)C2)cc1F. The Morgan fingerprint density at radius 2 is 2.05 bits per heavy atom. The van der Waals surface area contributed by atoms with Crippen LogP contribution in [0.1, 0.15) is 33.1 Å². The normalized spacial score (nSPS) is 22.8. The van der Waals surface area contributed by atoms with Crippen molar-refractivity contribution in [2.45, 2.75) is 51.2 Å². The third kappa shape index (κ3) is 3.31. The van der Waals surface area contributed by atoms with Crippen LogP contribution < -0.4 is 10.2 Å². The van der Waals surface area contributed by atoms with Crippen LogP contribution in [0.2, 0.25) is 0 Å². The van der Waals surface area contributed by atoms with Gasteiger partial charge in [-0.3, -0.25) is 4.90 Å². The van der Waals surface area contributed by atoms with E-state index in [-0.39, 0.29) is 5.82 Å². The Hall–Kier alpha value is -1.29. The van der Waals surface area contributed by atoms with Crippen molar-refractivity contribution in [2.75, 3.05) is 30.4 Å². The molecule has 1 N–H and O–H groups in total. The number of anilines is 2. The van der Waals surface area contributed by atoms with Crippen LogP contribution in [-0.2, 0) is 0 Å². The highest BCUT2D eigenvalue weighted by atomic mass is 19.1. The van der Waals surface area contributed by atoms with Gasteiger partial charge in [0.25, 0.3) is 0 Å². The summed E-state index contributed by atoms with van der Waals surface area (Å²) in [6, 6.07) is 7.09. The second kappa shape index (κ2) is 5.84. The maximum absolute atomic E-state index is 14.3. The molecule has 0 aromatic heterocycles. The number of rotatable bonds is 5. The average molecular weight is 291 g/mol. The molecule has 3 nitrogen and oxygen atoms in total. The molecule has 1 heterocycles. The number of nitrogens with one attached hydrogen (secondary N) is 1. The summed E-state index contributed by atoms with van der Waals surface area (Å²) >= 11 is 0. The molecule has 0 spiro atoms. The fourth-order valence-electron chi connectivity index (χ4n) is 3.07. The van der Waals surface area contributed by atoms with Crippen molar-refractivity contribution < 1.29 is 4.39 Å². The topological polar surface area (TPSA) is 18.5 Å². The van der Waals surface area contributed by atoms with Crippen LogP contribution in [0.4, 0.5) is 15.8 Å². The van der Waals surface area contributed by atoms with Crippen molar-refractivity contribution in [1.82, 2.24) is 4.90 Å². The molecule has 4 heteroatoms. The maximum atomic E-state index is 14.3. The molecule has 1 saturated carbocycles. The van der Waals surface area contributed by atoms with Crippen LogP contribution in [0.25, 0.3) is 0 Å².